The van der Waals surface area contributed by atoms with E-state index in [0.29, 0.717) is 12.2 Å². The Morgan fingerprint density at radius 2 is 2.17 bits per heavy atom. The largest absolute Gasteiger partial charge is 0.480 e. The topological polar surface area (TPSA) is 92.4 Å². The van der Waals surface area contributed by atoms with Crippen LogP contribution in [0.4, 0.5) is 0 Å². The summed E-state index contributed by atoms with van der Waals surface area (Å²) in [5.41, 5.74) is 4.99. The molecule has 4 N–H and O–H groups in total. The number of nitrogens with one attached hydrogen (secondary N) is 1. The van der Waals surface area contributed by atoms with Crippen LogP contribution in [0.5, 0.6) is 0 Å². The molecule has 0 aliphatic carbocycles. The van der Waals surface area contributed by atoms with Gasteiger partial charge < -0.3 is 16.2 Å². The molecule has 0 saturated heterocycles. The fraction of sp³-hybridized carbons (Fsp3) is 0.667. The molecule has 1 amide bonds. The molecule has 6 heteroatoms. The summed E-state index contributed by atoms with van der Waals surface area (Å²) < 4.78 is 0. The first-order valence-electron chi connectivity index (χ1n) is 3.45. The highest BCUT2D eigenvalue weighted by Gasteiger charge is 2.17. The highest BCUT2D eigenvalue weighted by Crippen LogP contribution is 1.93. The number of aliphatic carboxylic acids is 1. The molecule has 5 nitrogen and oxygen atoms in total. The van der Waals surface area contributed by atoms with Crippen LogP contribution < -0.4 is 11.1 Å². The van der Waals surface area contributed by atoms with E-state index in [1.807, 2.05) is 0 Å². The van der Waals surface area contributed by atoms with Crippen LogP contribution in [-0.2, 0) is 9.59 Å². The van der Waals surface area contributed by atoms with E-state index in [2.05, 4.69) is 17.9 Å². The van der Waals surface area contributed by atoms with Gasteiger partial charge in [-0.15, -0.1) is 0 Å². The Morgan fingerprint density at radius 3 is 2.50 bits per heavy atom. The first-order chi connectivity index (χ1) is 5.61. The smallest absolute Gasteiger partial charge is 0.326 e. The van der Waals surface area contributed by atoms with Crippen molar-refractivity contribution >= 4 is 24.5 Å². The van der Waals surface area contributed by atoms with E-state index < -0.39 is 17.9 Å². The van der Waals surface area contributed by atoms with Gasteiger partial charge in [-0.2, -0.15) is 12.6 Å². The molecule has 0 rings (SSSR count). The predicted molar refractivity (Wildman–Crippen MR) is 47.1 cm³/mol. The van der Waals surface area contributed by atoms with Crippen molar-refractivity contribution in [1.29, 1.82) is 0 Å². The van der Waals surface area contributed by atoms with Crippen LogP contribution in [0.3, 0.4) is 0 Å². The minimum absolute atomic E-state index is 0.198. The number of nitrogens with two attached hydrogens (primary N) is 1. The Balaban J connectivity index is 3.95. The molecule has 0 aliphatic heterocycles. The van der Waals surface area contributed by atoms with E-state index in [1.54, 1.807) is 0 Å². The van der Waals surface area contributed by atoms with E-state index in [4.69, 9.17) is 10.8 Å². The molecule has 0 aromatic rings. The second kappa shape index (κ2) is 5.84. The lowest BCUT2D eigenvalue weighted by atomic mass is 10.2. The molecule has 0 spiro atoms. The van der Waals surface area contributed by atoms with Crippen molar-refractivity contribution in [3.63, 3.8) is 0 Å². The Hall–Kier alpha value is -0.750. The van der Waals surface area contributed by atoms with E-state index in [-0.39, 0.29) is 6.54 Å². The van der Waals surface area contributed by atoms with E-state index in [9.17, 15) is 9.59 Å². The molecule has 0 aromatic carbocycles. The normalized spacial score (nSPS) is 12.2. The standard InChI is InChI=1S/C6H12N2O3S/c7-3-5(9)8-4(1-2-12)6(10)11/h4,12H,1-3,7H2,(H,8,9)(H,10,11)/t4-/m1/s1. The summed E-state index contributed by atoms with van der Waals surface area (Å²) in [6.07, 6.45) is 0.296. The average Bonchev–Trinajstić information content (AvgIpc) is 2.03. The maximum atomic E-state index is 10.7. The molecule has 0 fully saturated rings. The van der Waals surface area contributed by atoms with Gasteiger partial charge in [0.05, 0.1) is 6.54 Å². The Kier molecular flexibility index (Phi) is 5.48. The lowest BCUT2D eigenvalue weighted by molar-refractivity contribution is -0.141. The lowest BCUT2D eigenvalue weighted by Crippen LogP contribution is -2.43. The van der Waals surface area contributed by atoms with Gasteiger partial charge in [-0.3, -0.25) is 4.79 Å². The summed E-state index contributed by atoms with van der Waals surface area (Å²) in [5, 5.41) is 10.8. The van der Waals surface area contributed by atoms with Crippen molar-refractivity contribution in [2.24, 2.45) is 5.73 Å². The van der Waals surface area contributed by atoms with Crippen LogP contribution in [0.1, 0.15) is 6.42 Å². The second-order valence-electron chi connectivity index (χ2n) is 2.17. The summed E-state index contributed by atoms with van der Waals surface area (Å²) in [6.45, 7) is -0.198. The van der Waals surface area contributed by atoms with Crippen LogP contribution in [0, 0.1) is 0 Å². The fourth-order valence-corrected chi connectivity index (χ4v) is 0.898. The van der Waals surface area contributed by atoms with Gasteiger partial charge in [-0.25, -0.2) is 4.79 Å². The highest BCUT2D eigenvalue weighted by molar-refractivity contribution is 7.80. The number of thiol groups is 1. The van der Waals surface area contributed by atoms with E-state index >= 15 is 0 Å². The molecule has 70 valence electrons. The van der Waals surface area contributed by atoms with Gasteiger partial charge in [0.15, 0.2) is 0 Å². The number of amides is 1. The van der Waals surface area contributed by atoms with Crippen LogP contribution in [0.15, 0.2) is 0 Å². The van der Waals surface area contributed by atoms with Crippen LogP contribution >= 0.6 is 12.6 Å². The minimum Gasteiger partial charge on any atom is -0.480 e. The molecule has 1 atom stereocenters. The Labute approximate surface area is 75.7 Å². The van der Waals surface area contributed by atoms with Gasteiger partial charge >= 0.3 is 5.97 Å². The van der Waals surface area contributed by atoms with Crippen molar-refractivity contribution in [3.05, 3.63) is 0 Å². The summed E-state index contributed by atoms with van der Waals surface area (Å²) in [7, 11) is 0. The summed E-state index contributed by atoms with van der Waals surface area (Å²) in [6, 6.07) is -0.876. The molecule has 0 saturated carbocycles. The molecular formula is C6H12N2O3S. The van der Waals surface area contributed by atoms with Crippen molar-refractivity contribution in [3.8, 4) is 0 Å². The molecular weight excluding hydrogens is 180 g/mol. The number of carbonyl (C=O) groups excluding carboxylic acids is 1. The van der Waals surface area contributed by atoms with Crippen molar-refractivity contribution in [2.75, 3.05) is 12.3 Å². The van der Waals surface area contributed by atoms with Crippen molar-refractivity contribution in [2.45, 2.75) is 12.5 Å². The van der Waals surface area contributed by atoms with Crippen molar-refractivity contribution in [1.82, 2.24) is 5.32 Å². The monoisotopic (exact) mass is 192 g/mol. The SMILES string of the molecule is NCC(=O)N[C@H](CCS)C(=O)O. The number of carbonyl (C=O) groups is 2. The predicted octanol–water partition coefficient (Wildman–Crippen LogP) is -1.17. The molecule has 0 aromatic heterocycles. The van der Waals surface area contributed by atoms with Crippen LogP contribution in [0.2, 0.25) is 0 Å². The molecule has 0 aliphatic rings. The number of hydrogen-bond acceptors (Lipinski definition) is 4. The van der Waals surface area contributed by atoms with E-state index in [1.165, 1.54) is 0 Å². The zero-order chi connectivity index (χ0) is 9.56. The molecule has 0 radical (unpaired) electrons. The quantitative estimate of drug-likeness (QED) is 0.413. The van der Waals surface area contributed by atoms with Gasteiger partial charge in [0.25, 0.3) is 0 Å². The van der Waals surface area contributed by atoms with Gasteiger partial charge in [0, 0.05) is 0 Å². The first kappa shape index (κ1) is 11.2. The highest BCUT2D eigenvalue weighted by atomic mass is 32.1. The maximum Gasteiger partial charge on any atom is 0.326 e. The lowest BCUT2D eigenvalue weighted by Gasteiger charge is -2.11. The van der Waals surface area contributed by atoms with Crippen LogP contribution in [-0.4, -0.2) is 35.3 Å². The fourth-order valence-electron chi connectivity index (χ4n) is 0.640. The van der Waals surface area contributed by atoms with Crippen molar-refractivity contribution < 1.29 is 14.7 Å². The number of rotatable bonds is 5. The maximum absolute atomic E-state index is 10.7. The third-order valence-electron chi connectivity index (χ3n) is 1.24. The zero-order valence-electron chi connectivity index (χ0n) is 6.49. The average molecular weight is 192 g/mol. The molecule has 0 unspecified atom stereocenters. The minimum atomic E-state index is -1.06. The van der Waals surface area contributed by atoms with E-state index in [0.717, 1.165) is 0 Å². The third kappa shape index (κ3) is 4.20. The van der Waals surface area contributed by atoms with Gasteiger partial charge in [-0.05, 0) is 12.2 Å². The number of carboxylic acids is 1. The second-order valence-corrected chi connectivity index (χ2v) is 2.62. The summed E-state index contributed by atoms with van der Waals surface area (Å²) >= 11 is 3.86. The molecule has 12 heavy (non-hydrogen) atoms. The van der Waals surface area contributed by atoms with Gasteiger partial charge in [0.2, 0.25) is 5.91 Å². The molecule has 0 bridgehead atoms. The zero-order valence-corrected chi connectivity index (χ0v) is 7.38. The number of hydrogen-bond donors (Lipinski definition) is 4. The Bertz CT molecular complexity index is 172. The van der Waals surface area contributed by atoms with Crippen LogP contribution in [0.25, 0.3) is 0 Å². The molecule has 0 heterocycles. The van der Waals surface area contributed by atoms with Gasteiger partial charge in [0.1, 0.15) is 6.04 Å². The first-order valence-corrected chi connectivity index (χ1v) is 4.08. The number of carboxylic acid groups (broad SMARTS) is 1. The van der Waals surface area contributed by atoms with Gasteiger partial charge in [-0.1, -0.05) is 0 Å². The third-order valence-corrected chi connectivity index (χ3v) is 1.49. The Morgan fingerprint density at radius 1 is 1.58 bits per heavy atom. The summed E-state index contributed by atoms with van der Waals surface area (Å²) in [5.74, 6) is -1.13. The summed E-state index contributed by atoms with van der Waals surface area (Å²) in [4.78, 5) is 21.1.